The summed E-state index contributed by atoms with van der Waals surface area (Å²) in [6.45, 7) is 1.74. The van der Waals surface area contributed by atoms with E-state index in [9.17, 15) is 0 Å². The first kappa shape index (κ1) is 18.8. The number of hydrogen-bond acceptors (Lipinski definition) is 8. The number of anilines is 1. The maximum Gasteiger partial charge on any atom is 0.223 e. The average Bonchev–Trinajstić information content (AvgIpc) is 3.53. The SMILES string of the molecule is N#Cc1cccc(CN[C@@H]2CO[C@@H]3[C@@H]2OC[C@@H]3Nc2nccc(-c3ccco3)n2)c1. The van der Waals surface area contributed by atoms with Crippen LogP contribution in [0.5, 0.6) is 0 Å². The summed E-state index contributed by atoms with van der Waals surface area (Å²) in [5, 5.41) is 15.9. The first-order chi connectivity index (χ1) is 14.8. The number of rotatable bonds is 6. The second kappa shape index (κ2) is 8.24. The van der Waals surface area contributed by atoms with Crippen molar-refractivity contribution in [2.45, 2.75) is 30.8 Å². The van der Waals surface area contributed by atoms with Crippen molar-refractivity contribution in [2.75, 3.05) is 18.5 Å². The van der Waals surface area contributed by atoms with Crippen molar-refractivity contribution >= 4 is 5.95 Å². The van der Waals surface area contributed by atoms with E-state index in [2.05, 4.69) is 26.7 Å². The van der Waals surface area contributed by atoms with Crippen molar-refractivity contribution in [3.05, 3.63) is 66.1 Å². The molecule has 8 heteroatoms. The Bertz CT molecular complexity index is 1050. The highest BCUT2D eigenvalue weighted by Gasteiger charge is 2.47. The fraction of sp³-hybridized carbons (Fsp3) is 0.318. The maximum absolute atomic E-state index is 9.05. The van der Waals surface area contributed by atoms with Crippen molar-refractivity contribution in [3.63, 3.8) is 0 Å². The Hall–Kier alpha value is -3.25. The van der Waals surface area contributed by atoms with E-state index in [0.717, 1.165) is 11.3 Å². The highest BCUT2D eigenvalue weighted by atomic mass is 16.6. The number of furan rings is 1. The standard InChI is InChI=1S/C22H21N5O3/c23-10-14-3-1-4-15(9-14)11-25-17-12-29-21-18(13-30-20(17)21)27-22-24-7-6-16(26-22)19-5-2-8-28-19/h1-9,17-18,20-21,25H,11-13H2,(H,24,26,27)/t17-,18+,20-,21+/m1/s1. The molecule has 0 radical (unpaired) electrons. The molecule has 2 aliphatic rings. The second-order valence-corrected chi connectivity index (χ2v) is 7.39. The lowest BCUT2D eigenvalue weighted by molar-refractivity contribution is 0.0675. The minimum absolute atomic E-state index is 0.0319. The third-order valence-electron chi connectivity index (χ3n) is 5.42. The molecule has 0 spiro atoms. The van der Waals surface area contributed by atoms with Crippen LogP contribution in [-0.4, -0.2) is 47.5 Å². The van der Waals surface area contributed by atoms with E-state index in [1.54, 1.807) is 18.5 Å². The summed E-state index contributed by atoms with van der Waals surface area (Å²) in [7, 11) is 0. The molecule has 2 aromatic heterocycles. The Morgan fingerprint density at radius 3 is 2.77 bits per heavy atom. The summed E-state index contributed by atoms with van der Waals surface area (Å²) in [6, 6.07) is 15.3. The molecule has 2 N–H and O–H groups in total. The number of ether oxygens (including phenoxy) is 2. The van der Waals surface area contributed by atoms with Crippen molar-refractivity contribution in [3.8, 4) is 17.5 Å². The van der Waals surface area contributed by atoms with Crippen LogP contribution < -0.4 is 10.6 Å². The Morgan fingerprint density at radius 1 is 1.07 bits per heavy atom. The molecule has 8 nitrogen and oxygen atoms in total. The number of nitriles is 1. The van der Waals surface area contributed by atoms with Gasteiger partial charge in [0.1, 0.15) is 17.9 Å². The maximum atomic E-state index is 9.05. The zero-order valence-electron chi connectivity index (χ0n) is 16.2. The van der Waals surface area contributed by atoms with Gasteiger partial charge in [0.05, 0.1) is 43.2 Å². The minimum Gasteiger partial charge on any atom is -0.463 e. The van der Waals surface area contributed by atoms with E-state index in [0.29, 0.717) is 37.0 Å². The van der Waals surface area contributed by atoms with Gasteiger partial charge < -0.3 is 24.5 Å². The van der Waals surface area contributed by atoms with E-state index in [-0.39, 0.29) is 24.3 Å². The van der Waals surface area contributed by atoms with E-state index in [4.69, 9.17) is 19.2 Å². The van der Waals surface area contributed by atoms with Crippen LogP contribution in [0.2, 0.25) is 0 Å². The van der Waals surface area contributed by atoms with E-state index in [1.807, 2.05) is 36.4 Å². The predicted octanol–water partition coefficient (Wildman–Crippen LogP) is 2.34. The van der Waals surface area contributed by atoms with Crippen molar-refractivity contribution < 1.29 is 13.9 Å². The molecule has 3 aromatic rings. The number of fused-ring (bicyclic) bond motifs is 1. The molecule has 2 aliphatic heterocycles. The first-order valence-corrected chi connectivity index (χ1v) is 9.89. The van der Waals surface area contributed by atoms with Gasteiger partial charge in [-0.2, -0.15) is 5.26 Å². The van der Waals surface area contributed by atoms with Gasteiger partial charge in [0, 0.05) is 12.7 Å². The molecule has 2 saturated heterocycles. The third-order valence-corrected chi connectivity index (χ3v) is 5.42. The van der Waals surface area contributed by atoms with Crippen molar-refractivity contribution in [2.24, 2.45) is 0 Å². The van der Waals surface area contributed by atoms with Crippen LogP contribution in [0, 0.1) is 11.3 Å². The van der Waals surface area contributed by atoms with Crippen LogP contribution in [0.3, 0.4) is 0 Å². The smallest absolute Gasteiger partial charge is 0.223 e. The fourth-order valence-electron chi connectivity index (χ4n) is 3.95. The lowest BCUT2D eigenvalue weighted by atomic mass is 10.1. The molecule has 4 atom stereocenters. The van der Waals surface area contributed by atoms with Gasteiger partial charge in [-0.15, -0.1) is 0 Å². The molecular weight excluding hydrogens is 382 g/mol. The molecule has 0 amide bonds. The quantitative estimate of drug-likeness (QED) is 0.646. The molecule has 0 unspecified atom stereocenters. The molecule has 1 aromatic carbocycles. The summed E-state index contributed by atoms with van der Waals surface area (Å²) < 4.78 is 17.5. The Labute approximate surface area is 173 Å². The van der Waals surface area contributed by atoms with Gasteiger partial charge in [0.2, 0.25) is 5.95 Å². The van der Waals surface area contributed by atoms with Crippen LogP contribution in [0.15, 0.2) is 59.3 Å². The van der Waals surface area contributed by atoms with E-state index < -0.39 is 0 Å². The zero-order chi connectivity index (χ0) is 20.3. The van der Waals surface area contributed by atoms with Gasteiger partial charge in [0.25, 0.3) is 0 Å². The molecule has 30 heavy (non-hydrogen) atoms. The van der Waals surface area contributed by atoms with Crippen LogP contribution >= 0.6 is 0 Å². The molecule has 2 fully saturated rings. The van der Waals surface area contributed by atoms with Gasteiger partial charge in [-0.3, -0.25) is 0 Å². The van der Waals surface area contributed by atoms with Crippen LogP contribution in [0.4, 0.5) is 5.95 Å². The normalized spacial score (nSPS) is 25.0. The van der Waals surface area contributed by atoms with Crippen molar-refractivity contribution in [1.29, 1.82) is 5.26 Å². The fourth-order valence-corrected chi connectivity index (χ4v) is 3.95. The Kier molecular flexibility index (Phi) is 5.15. The molecule has 0 bridgehead atoms. The van der Waals surface area contributed by atoms with E-state index >= 15 is 0 Å². The van der Waals surface area contributed by atoms with Gasteiger partial charge >= 0.3 is 0 Å². The van der Waals surface area contributed by atoms with Gasteiger partial charge in [-0.25, -0.2) is 9.97 Å². The monoisotopic (exact) mass is 403 g/mol. The zero-order valence-corrected chi connectivity index (χ0v) is 16.2. The number of nitrogens with zero attached hydrogens (tertiary/aromatic N) is 3. The van der Waals surface area contributed by atoms with Crippen LogP contribution in [0.1, 0.15) is 11.1 Å². The van der Waals surface area contributed by atoms with Gasteiger partial charge in [-0.05, 0) is 35.9 Å². The molecule has 0 aliphatic carbocycles. The van der Waals surface area contributed by atoms with Gasteiger partial charge in [-0.1, -0.05) is 12.1 Å². The highest BCUT2D eigenvalue weighted by Crippen LogP contribution is 2.29. The summed E-state index contributed by atoms with van der Waals surface area (Å²) >= 11 is 0. The Balaban J connectivity index is 1.21. The van der Waals surface area contributed by atoms with Crippen LogP contribution in [-0.2, 0) is 16.0 Å². The average molecular weight is 403 g/mol. The molecular formula is C22H21N5O3. The number of benzene rings is 1. The molecule has 152 valence electrons. The second-order valence-electron chi connectivity index (χ2n) is 7.39. The first-order valence-electron chi connectivity index (χ1n) is 9.89. The third kappa shape index (κ3) is 3.78. The number of nitrogens with one attached hydrogen (secondary N) is 2. The molecule has 0 saturated carbocycles. The summed E-state index contributed by atoms with van der Waals surface area (Å²) in [5.41, 5.74) is 2.45. The predicted molar refractivity (Wildman–Crippen MR) is 108 cm³/mol. The molecule has 5 rings (SSSR count). The summed E-state index contributed by atoms with van der Waals surface area (Å²) in [4.78, 5) is 8.86. The van der Waals surface area contributed by atoms with E-state index in [1.165, 1.54) is 0 Å². The lowest BCUT2D eigenvalue weighted by Crippen LogP contribution is -2.41. The minimum atomic E-state index is -0.0798. The number of hydrogen-bond donors (Lipinski definition) is 2. The summed E-state index contributed by atoms with van der Waals surface area (Å²) in [5.74, 6) is 1.22. The lowest BCUT2D eigenvalue weighted by Gasteiger charge is -2.18. The molecule has 4 heterocycles. The van der Waals surface area contributed by atoms with Gasteiger partial charge in [0.15, 0.2) is 5.76 Å². The number of aromatic nitrogens is 2. The largest absolute Gasteiger partial charge is 0.463 e. The highest BCUT2D eigenvalue weighted by molar-refractivity contribution is 5.53. The van der Waals surface area contributed by atoms with Crippen LogP contribution in [0.25, 0.3) is 11.5 Å². The topological polar surface area (TPSA) is 105 Å². The Morgan fingerprint density at radius 2 is 1.93 bits per heavy atom. The summed E-state index contributed by atoms with van der Waals surface area (Å²) in [6.07, 6.45) is 3.20. The van der Waals surface area contributed by atoms with Crippen molar-refractivity contribution in [1.82, 2.24) is 15.3 Å².